The van der Waals surface area contributed by atoms with Crippen molar-refractivity contribution in [2.24, 2.45) is 5.92 Å². The predicted octanol–water partition coefficient (Wildman–Crippen LogP) is 4.79. The molecule has 2 heterocycles. The molecule has 0 radical (unpaired) electrons. The zero-order valence-electron chi connectivity index (χ0n) is 20.2. The summed E-state index contributed by atoms with van der Waals surface area (Å²) in [5.41, 5.74) is -0.116. The van der Waals surface area contributed by atoms with E-state index in [0.717, 1.165) is 38.5 Å². The van der Waals surface area contributed by atoms with E-state index in [4.69, 9.17) is 9.26 Å². The number of hydroxylamine groups is 2. The van der Waals surface area contributed by atoms with Gasteiger partial charge in [-0.3, -0.25) is 4.84 Å². The minimum absolute atomic E-state index is 0.0121. The summed E-state index contributed by atoms with van der Waals surface area (Å²) in [6.45, 7) is 7.62. The highest BCUT2D eigenvalue weighted by Gasteiger charge is 2.61. The molecule has 1 saturated carbocycles. The van der Waals surface area contributed by atoms with Crippen LogP contribution in [-0.4, -0.2) is 37.7 Å². The van der Waals surface area contributed by atoms with E-state index >= 15 is 0 Å². The zero-order chi connectivity index (χ0) is 23.1. The third kappa shape index (κ3) is 3.59. The second-order valence-electron chi connectivity index (χ2n) is 11.1. The summed E-state index contributed by atoms with van der Waals surface area (Å²) in [7, 11) is -2.59. The quantitative estimate of drug-likeness (QED) is 0.602. The fraction of sp³-hybridized carbons (Fsp3) is 0.536. The number of nitrogens with zero attached hydrogens (tertiary/aromatic N) is 2. The summed E-state index contributed by atoms with van der Waals surface area (Å²) in [5, 5.41) is 14.8. The molecule has 4 atom stereocenters. The van der Waals surface area contributed by atoms with Crippen molar-refractivity contribution in [3.05, 3.63) is 60.7 Å². The van der Waals surface area contributed by atoms with Gasteiger partial charge in [0.2, 0.25) is 0 Å². The molecule has 1 aliphatic carbocycles. The Morgan fingerprint density at radius 1 is 1.00 bits per heavy atom. The van der Waals surface area contributed by atoms with Crippen molar-refractivity contribution < 1.29 is 9.26 Å². The zero-order valence-corrected chi connectivity index (χ0v) is 21.2. The molecule has 2 saturated heterocycles. The summed E-state index contributed by atoms with van der Waals surface area (Å²) in [6.07, 6.45) is 6.54. The minimum Gasteiger partial charge on any atom is -0.406 e. The highest BCUT2D eigenvalue weighted by Crippen LogP contribution is 2.53. The Labute approximate surface area is 199 Å². The Morgan fingerprint density at radius 2 is 1.58 bits per heavy atom. The van der Waals surface area contributed by atoms with Gasteiger partial charge in [0.15, 0.2) is 0 Å². The summed E-state index contributed by atoms with van der Waals surface area (Å²) in [6, 6.07) is 24.5. The molecule has 3 fully saturated rings. The Bertz CT molecular complexity index is 957. The summed E-state index contributed by atoms with van der Waals surface area (Å²) >= 11 is 0. The Kier molecular flexibility index (Phi) is 5.99. The molecular weight excluding hydrogens is 424 g/mol. The van der Waals surface area contributed by atoms with Crippen LogP contribution in [0.25, 0.3) is 0 Å². The van der Waals surface area contributed by atoms with Gasteiger partial charge in [-0.15, -0.1) is 0 Å². The smallest absolute Gasteiger partial charge is 0.261 e. The van der Waals surface area contributed by atoms with Crippen molar-refractivity contribution in [2.45, 2.75) is 82.0 Å². The monoisotopic (exact) mass is 460 g/mol. The number of piperidine rings is 1. The molecule has 2 aromatic carbocycles. The topological polar surface area (TPSA) is 45.5 Å². The highest BCUT2D eigenvalue weighted by molar-refractivity contribution is 6.99. The van der Waals surface area contributed by atoms with E-state index in [-0.39, 0.29) is 28.6 Å². The molecule has 0 amide bonds. The maximum absolute atomic E-state index is 9.97. The molecule has 0 unspecified atom stereocenters. The third-order valence-electron chi connectivity index (χ3n) is 8.26. The molecule has 5 heteroatoms. The van der Waals surface area contributed by atoms with E-state index in [1.807, 2.05) is 0 Å². The molecule has 0 aromatic heterocycles. The number of hydrogen-bond acceptors (Lipinski definition) is 4. The maximum Gasteiger partial charge on any atom is 0.261 e. The van der Waals surface area contributed by atoms with Gasteiger partial charge >= 0.3 is 0 Å². The van der Waals surface area contributed by atoms with E-state index in [1.165, 1.54) is 10.4 Å². The van der Waals surface area contributed by atoms with Crippen molar-refractivity contribution in [3.8, 4) is 6.07 Å². The average Bonchev–Trinajstić information content (AvgIpc) is 3.00. The van der Waals surface area contributed by atoms with Crippen LogP contribution in [0.15, 0.2) is 60.7 Å². The van der Waals surface area contributed by atoms with Crippen LogP contribution < -0.4 is 10.4 Å². The van der Waals surface area contributed by atoms with Gasteiger partial charge in [0.05, 0.1) is 36.3 Å². The SMILES string of the molecule is CC(C)(C)[Si](OC[C@@H]1CCC[C@]23CCC[C@H](ON12)[C@H]3C#N)(c1ccccc1)c1ccccc1. The number of benzene rings is 2. The summed E-state index contributed by atoms with van der Waals surface area (Å²) < 4.78 is 7.26. The van der Waals surface area contributed by atoms with E-state index in [0.29, 0.717) is 6.61 Å². The molecule has 3 aliphatic rings. The van der Waals surface area contributed by atoms with Gasteiger partial charge < -0.3 is 4.43 Å². The van der Waals surface area contributed by atoms with Gasteiger partial charge in [0.1, 0.15) is 0 Å². The van der Waals surface area contributed by atoms with Gasteiger partial charge in [-0.2, -0.15) is 10.3 Å². The van der Waals surface area contributed by atoms with Crippen molar-refractivity contribution in [3.63, 3.8) is 0 Å². The van der Waals surface area contributed by atoms with E-state index < -0.39 is 8.32 Å². The highest BCUT2D eigenvalue weighted by atomic mass is 28.4. The maximum atomic E-state index is 9.97. The van der Waals surface area contributed by atoms with Crippen LogP contribution in [-0.2, 0) is 9.26 Å². The van der Waals surface area contributed by atoms with Gasteiger partial charge in [0.25, 0.3) is 8.32 Å². The first-order valence-electron chi connectivity index (χ1n) is 12.5. The van der Waals surface area contributed by atoms with E-state index in [1.54, 1.807) is 0 Å². The van der Waals surface area contributed by atoms with Crippen LogP contribution in [0.4, 0.5) is 0 Å². The normalized spacial score (nSPS) is 29.9. The molecule has 1 spiro atoms. The summed E-state index contributed by atoms with van der Waals surface area (Å²) in [4.78, 5) is 6.50. The fourth-order valence-electron chi connectivity index (χ4n) is 6.83. The lowest BCUT2D eigenvalue weighted by Gasteiger charge is -2.49. The predicted molar refractivity (Wildman–Crippen MR) is 134 cm³/mol. The number of hydrogen-bond donors (Lipinski definition) is 0. The Morgan fingerprint density at radius 3 is 2.12 bits per heavy atom. The minimum atomic E-state index is -2.59. The average molecular weight is 461 g/mol. The van der Waals surface area contributed by atoms with Crippen LogP contribution in [0.1, 0.15) is 59.3 Å². The van der Waals surface area contributed by atoms with Gasteiger partial charge in [-0.25, -0.2) is 0 Å². The van der Waals surface area contributed by atoms with Crippen molar-refractivity contribution in [2.75, 3.05) is 6.61 Å². The van der Waals surface area contributed by atoms with E-state index in [9.17, 15) is 5.26 Å². The summed E-state index contributed by atoms with van der Waals surface area (Å²) in [5.74, 6) is -0.0121. The van der Waals surface area contributed by atoms with Crippen LogP contribution in [0.3, 0.4) is 0 Å². The van der Waals surface area contributed by atoms with Crippen LogP contribution >= 0.6 is 0 Å². The molecule has 4 nitrogen and oxygen atoms in total. The molecule has 2 bridgehead atoms. The van der Waals surface area contributed by atoms with Gasteiger partial charge in [-0.05, 0) is 53.9 Å². The number of rotatable bonds is 5. The molecular formula is C28H36N2O2Si. The molecule has 0 N–H and O–H groups in total. The van der Waals surface area contributed by atoms with E-state index in [2.05, 4.69) is 92.6 Å². The third-order valence-corrected chi connectivity index (χ3v) is 13.3. The number of fused-ring (bicyclic) bond motifs is 1. The lowest BCUT2D eigenvalue weighted by Crippen LogP contribution is -2.68. The lowest BCUT2D eigenvalue weighted by atomic mass is 9.68. The number of nitriles is 1. The standard InChI is InChI=1S/C28H36N2O2Si/c1-27(2,3)33(23-13-6-4-7-14-23,24-15-8-5-9-16-24)31-21-22-12-10-18-28-19-11-17-26(25(28)20-29)32-30(22)28/h4-9,13-16,22,25-26H,10-12,17-19,21H2,1-3H3/t22-,25+,26-,28+/m0/s1. The molecule has 5 rings (SSSR count). The fourth-order valence-corrected chi connectivity index (χ4v) is 11.4. The molecule has 2 aliphatic heterocycles. The Balaban J connectivity index is 1.51. The van der Waals surface area contributed by atoms with Crippen LogP contribution in [0.2, 0.25) is 5.04 Å². The molecule has 2 aromatic rings. The first-order valence-corrected chi connectivity index (χ1v) is 14.4. The Hall–Kier alpha value is -1.97. The first-order chi connectivity index (χ1) is 15.9. The van der Waals surface area contributed by atoms with Crippen LogP contribution in [0.5, 0.6) is 0 Å². The largest absolute Gasteiger partial charge is 0.406 e. The van der Waals surface area contributed by atoms with Crippen LogP contribution in [0, 0.1) is 17.2 Å². The first kappa shape index (κ1) is 22.8. The van der Waals surface area contributed by atoms with Gasteiger partial charge in [-0.1, -0.05) is 81.4 Å². The second-order valence-corrected chi connectivity index (χ2v) is 15.4. The van der Waals surface area contributed by atoms with Crippen molar-refractivity contribution in [1.29, 1.82) is 5.26 Å². The lowest BCUT2D eigenvalue weighted by molar-refractivity contribution is -0.226. The van der Waals surface area contributed by atoms with Crippen molar-refractivity contribution in [1.82, 2.24) is 5.06 Å². The van der Waals surface area contributed by atoms with Gasteiger partial charge in [0, 0.05) is 0 Å². The second kappa shape index (κ2) is 8.67. The van der Waals surface area contributed by atoms with Crippen molar-refractivity contribution >= 4 is 18.7 Å². The molecule has 33 heavy (non-hydrogen) atoms. The molecule has 174 valence electrons.